The number of benzene rings is 1. The Balaban J connectivity index is 1.69. The lowest BCUT2D eigenvalue weighted by Crippen LogP contribution is -2.30. The van der Waals surface area contributed by atoms with Crippen LogP contribution in [0.25, 0.3) is 0 Å². The number of amides is 1. The third kappa shape index (κ3) is 3.52. The first-order valence-electron chi connectivity index (χ1n) is 9.06. The lowest BCUT2D eigenvalue weighted by Gasteiger charge is -2.16. The normalized spacial score (nSPS) is 14.8. The van der Waals surface area contributed by atoms with Crippen molar-refractivity contribution in [1.29, 1.82) is 0 Å². The molecule has 0 aliphatic heterocycles. The molecule has 1 aliphatic rings. The number of anilines is 1. The molecule has 1 fully saturated rings. The summed E-state index contributed by atoms with van der Waals surface area (Å²) in [6.45, 7) is 9.40. The highest BCUT2D eigenvalue weighted by atomic mass is 16.5. The Morgan fingerprint density at radius 3 is 2.35 bits per heavy atom. The van der Waals surface area contributed by atoms with Crippen molar-refractivity contribution in [3.8, 4) is 0 Å². The van der Waals surface area contributed by atoms with Crippen molar-refractivity contribution in [1.82, 2.24) is 4.57 Å². The van der Waals surface area contributed by atoms with Gasteiger partial charge < -0.3 is 14.6 Å². The molecule has 0 unspecified atom stereocenters. The monoisotopic (exact) mass is 354 g/mol. The maximum absolute atomic E-state index is 12.6. The summed E-state index contributed by atoms with van der Waals surface area (Å²) in [5.74, 6) is -0.777. The molecule has 0 saturated heterocycles. The molecule has 26 heavy (non-hydrogen) atoms. The zero-order valence-corrected chi connectivity index (χ0v) is 16.1. The molecule has 1 atom stereocenters. The zero-order valence-electron chi connectivity index (χ0n) is 16.1. The number of esters is 1. The van der Waals surface area contributed by atoms with Gasteiger partial charge in [0.05, 0.1) is 5.56 Å². The molecule has 2 aromatic rings. The molecule has 3 rings (SSSR count). The van der Waals surface area contributed by atoms with Crippen molar-refractivity contribution in [3.63, 3.8) is 0 Å². The summed E-state index contributed by atoms with van der Waals surface area (Å²) < 4.78 is 7.63. The predicted molar refractivity (Wildman–Crippen MR) is 102 cm³/mol. The van der Waals surface area contributed by atoms with E-state index in [4.69, 9.17) is 4.74 Å². The first kappa shape index (κ1) is 18.2. The highest BCUT2D eigenvalue weighted by Crippen LogP contribution is 2.38. The fourth-order valence-electron chi connectivity index (χ4n) is 3.39. The van der Waals surface area contributed by atoms with Crippen LogP contribution in [0.1, 0.15) is 58.7 Å². The topological polar surface area (TPSA) is 60.3 Å². The second kappa shape index (κ2) is 6.98. The second-order valence-electron chi connectivity index (χ2n) is 7.19. The smallest absolute Gasteiger partial charge is 0.340 e. The maximum Gasteiger partial charge on any atom is 0.340 e. The standard InChI is InChI=1S/C21H26N2O3/c1-12-7-6-8-13(2)19(12)22-20(24)16(5)26-21(25)18-11-14(3)23(15(18)4)17-9-10-17/h6-8,11,16-17H,9-10H2,1-5H3,(H,22,24)/t16-/m0/s1. The highest BCUT2D eigenvalue weighted by Gasteiger charge is 2.29. The van der Waals surface area contributed by atoms with Crippen LogP contribution < -0.4 is 5.32 Å². The van der Waals surface area contributed by atoms with E-state index in [1.54, 1.807) is 6.92 Å². The number of para-hydroxylation sites is 1. The van der Waals surface area contributed by atoms with E-state index in [9.17, 15) is 9.59 Å². The lowest BCUT2D eigenvalue weighted by molar-refractivity contribution is -0.123. The van der Waals surface area contributed by atoms with Gasteiger partial charge in [0.15, 0.2) is 6.10 Å². The fourth-order valence-corrected chi connectivity index (χ4v) is 3.39. The predicted octanol–water partition coefficient (Wildman–Crippen LogP) is 4.24. The van der Waals surface area contributed by atoms with E-state index < -0.39 is 12.1 Å². The maximum atomic E-state index is 12.6. The molecule has 1 aliphatic carbocycles. The summed E-state index contributed by atoms with van der Waals surface area (Å²) in [5, 5.41) is 2.87. The molecule has 5 nitrogen and oxygen atoms in total. The molecule has 1 heterocycles. The quantitative estimate of drug-likeness (QED) is 0.817. The van der Waals surface area contributed by atoms with Crippen LogP contribution in [0.2, 0.25) is 0 Å². The van der Waals surface area contributed by atoms with E-state index in [1.165, 1.54) is 0 Å². The van der Waals surface area contributed by atoms with Gasteiger partial charge in [0.2, 0.25) is 0 Å². The number of rotatable bonds is 5. The Hall–Kier alpha value is -2.56. The molecule has 1 aromatic carbocycles. The number of carbonyl (C=O) groups is 2. The largest absolute Gasteiger partial charge is 0.449 e. The van der Waals surface area contributed by atoms with Crippen LogP contribution in [0.5, 0.6) is 0 Å². The van der Waals surface area contributed by atoms with E-state index in [1.807, 2.05) is 52.0 Å². The van der Waals surface area contributed by atoms with Gasteiger partial charge in [-0.2, -0.15) is 0 Å². The molecule has 1 saturated carbocycles. The summed E-state index contributed by atoms with van der Waals surface area (Å²) in [6, 6.07) is 8.17. The van der Waals surface area contributed by atoms with Crippen LogP contribution in [-0.2, 0) is 9.53 Å². The minimum atomic E-state index is -0.870. The fraction of sp³-hybridized carbons (Fsp3) is 0.429. The summed E-state index contributed by atoms with van der Waals surface area (Å²) in [6.07, 6.45) is 1.43. The van der Waals surface area contributed by atoms with E-state index in [2.05, 4.69) is 9.88 Å². The number of aromatic nitrogens is 1. The van der Waals surface area contributed by atoms with Crippen molar-refractivity contribution in [2.75, 3.05) is 5.32 Å². The van der Waals surface area contributed by atoms with Gasteiger partial charge in [0, 0.05) is 23.1 Å². The summed E-state index contributed by atoms with van der Waals surface area (Å²) in [4.78, 5) is 25.0. The van der Waals surface area contributed by atoms with Gasteiger partial charge in [-0.05, 0) is 64.7 Å². The van der Waals surface area contributed by atoms with Crippen molar-refractivity contribution in [3.05, 3.63) is 52.3 Å². The van der Waals surface area contributed by atoms with Gasteiger partial charge in [-0.3, -0.25) is 4.79 Å². The molecule has 138 valence electrons. The molecule has 0 spiro atoms. The Morgan fingerprint density at radius 2 is 1.77 bits per heavy atom. The number of hydrogen-bond acceptors (Lipinski definition) is 3. The summed E-state index contributed by atoms with van der Waals surface area (Å²) >= 11 is 0. The number of ether oxygens (including phenoxy) is 1. The third-order valence-electron chi connectivity index (χ3n) is 5.00. The number of carbonyl (C=O) groups excluding carboxylic acids is 2. The van der Waals surface area contributed by atoms with Gasteiger partial charge in [0.1, 0.15) is 0 Å². The van der Waals surface area contributed by atoms with Crippen LogP contribution in [0, 0.1) is 27.7 Å². The third-order valence-corrected chi connectivity index (χ3v) is 5.00. The van der Waals surface area contributed by atoms with Gasteiger partial charge in [-0.1, -0.05) is 18.2 Å². The van der Waals surface area contributed by atoms with Crippen LogP contribution in [0.15, 0.2) is 24.3 Å². The van der Waals surface area contributed by atoms with E-state index in [0.717, 1.165) is 41.0 Å². The van der Waals surface area contributed by atoms with Gasteiger partial charge >= 0.3 is 5.97 Å². The molecule has 5 heteroatoms. The van der Waals surface area contributed by atoms with Crippen molar-refractivity contribution >= 4 is 17.6 Å². The molecule has 1 aromatic heterocycles. The molecule has 1 amide bonds. The number of aryl methyl sites for hydroxylation is 3. The van der Waals surface area contributed by atoms with E-state index in [-0.39, 0.29) is 5.91 Å². The van der Waals surface area contributed by atoms with Gasteiger partial charge in [-0.25, -0.2) is 4.79 Å². The highest BCUT2D eigenvalue weighted by molar-refractivity contribution is 5.98. The number of hydrogen-bond donors (Lipinski definition) is 1. The Kier molecular flexibility index (Phi) is 4.90. The zero-order chi connectivity index (χ0) is 19.0. The van der Waals surface area contributed by atoms with Crippen LogP contribution in [0.4, 0.5) is 5.69 Å². The van der Waals surface area contributed by atoms with Gasteiger partial charge in [0.25, 0.3) is 5.91 Å². The second-order valence-corrected chi connectivity index (χ2v) is 7.19. The van der Waals surface area contributed by atoms with Gasteiger partial charge in [-0.15, -0.1) is 0 Å². The Bertz CT molecular complexity index is 842. The average Bonchev–Trinajstić information content (AvgIpc) is 3.36. The van der Waals surface area contributed by atoms with E-state index in [0.29, 0.717) is 11.6 Å². The van der Waals surface area contributed by atoms with Crippen molar-refractivity contribution < 1.29 is 14.3 Å². The SMILES string of the molecule is Cc1cccc(C)c1NC(=O)[C@H](C)OC(=O)c1cc(C)n(C2CC2)c1C. The molecule has 0 bridgehead atoms. The number of nitrogens with one attached hydrogen (secondary N) is 1. The van der Waals surface area contributed by atoms with Crippen LogP contribution in [0.3, 0.4) is 0 Å². The first-order chi connectivity index (χ1) is 12.3. The van der Waals surface area contributed by atoms with Crippen molar-refractivity contribution in [2.24, 2.45) is 0 Å². The summed E-state index contributed by atoms with van der Waals surface area (Å²) in [5.41, 5.74) is 5.24. The first-order valence-corrected chi connectivity index (χ1v) is 9.06. The molecule has 1 N–H and O–H groups in total. The summed E-state index contributed by atoms with van der Waals surface area (Å²) in [7, 11) is 0. The minimum absolute atomic E-state index is 0.327. The minimum Gasteiger partial charge on any atom is -0.449 e. The van der Waals surface area contributed by atoms with Crippen LogP contribution >= 0.6 is 0 Å². The molecule has 0 radical (unpaired) electrons. The lowest BCUT2D eigenvalue weighted by atomic mass is 10.1. The molecular formula is C21H26N2O3. The Morgan fingerprint density at radius 1 is 1.15 bits per heavy atom. The molecular weight excluding hydrogens is 328 g/mol. The van der Waals surface area contributed by atoms with Crippen LogP contribution in [-0.4, -0.2) is 22.5 Å². The van der Waals surface area contributed by atoms with E-state index >= 15 is 0 Å². The van der Waals surface area contributed by atoms with Crippen molar-refractivity contribution in [2.45, 2.75) is 59.6 Å². The number of nitrogens with zero attached hydrogens (tertiary/aromatic N) is 1. The Labute approximate surface area is 154 Å². The average molecular weight is 354 g/mol.